The summed E-state index contributed by atoms with van der Waals surface area (Å²) in [5.74, 6) is 0.731. The standard InChI is InChI=1S/C48H54N4O12S/c1-9-11-34(54)63-33-17-26-13-14-50-48(28(26)18-32(33)57-7)21-65-46-38-37(44-43(60-22-61-44)24(4)42(38)62-25(5)53)31(20-59-47(48)56)52-30(19-49)29-16-27-15-23(3)41(58-8)45(64-35(55)12-10-2)36(27)39(40(46)52)51(29)6/h15,17-18,29-31,39-40,46,50H,9-14,16,20-22H2,1-8H3/t29?,30-,31-,39+,40+,46+,48+/m0/s1. The van der Waals surface area contributed by atoms with E-state index in [0.717, 1.165) is 22.3 Å². The SMILES string of the molecule is CCCC(=O)Oc1cc2c(cc1OC)[C@@]1(CS[C@@H]3c4c(OC(C)=O)c(C)c5c(c4[C@H](COC1=O)N1[C@@H]3[C@H]3c4c(cc(C)c(OC)c4OC(=O)CCC)CC([C@@H]1C#N)N3C)OCO5)NCC2. The summed E-state index contributed by atoms with van der Waals surface area (Å²) in [5, 5.41) is 14.3. The van der Waals surface area contributed by atoms with Gasteiger partial charge in [0.15, 0.2) is 40.0 Å². The van der Waals surface area contributed by atoms with E-state index < -0.39 is 58.8 Å². The van der Waals surface area contributed by atoms with Gasteiger partial charge in [0.1, 0.15) is 18.4 Å². The summed E-state index contributed by atoms with van der Waals surface area (Å²) in [6.07, 6.45) is 2.61. The Morgan fingerprint density at radius 3 is 2.34 bits per heavy atom. The monoisotopic (exact) mass is 910 g/mol. The molecule has 7 aliphatic rings. The molecular weight excluding hydrogens is 857 g/mol. The third kappa shape index (κ3) is 7.06. The molecule has 17 heteroatoms. The van der Waals surface area contributed by atoms with Crippen molar-refractivity contribution in [1.29, 1.82) is 5.26 Å². The van der Waals surface area contributed by atoms with Gasteiger partial charge in [-0.05, 0) is 81.0 Å². The second kappa shape index (κ2) is 17.4. The van der Waals surface area contributed by atoms with Crippen LogP contribution in [0.3, 0.4) is 0 Å². The molecule has 16 nitrogen and oxygen atoms in total. The Labute approximate surface area is 382 Å². The third-order valence-electron chi connectivity index (χ3n) is 13.7. The first-order valence-corrected chi connectivity index (χ1v) is 23.3. The van der Waals surface area contributed by atoms with Gasteiger partial charge >= 0.3 is 23.9 Å². The number of aryl methyl sites for hydroxylation is 1. The molecular formula is C48H54N4O12S. The number of esters is 4. The molecule has 2 fully saturated rings. The van der Waals surface area contributed by atoms with Gasteiger partial charge in [-0.2, -0.15) is 5.26 Å². The van der Waals surface area contributed by atoms with Crippen LogP contribution in [-0.4, -0.2) is 98.8 Å². The van der Waals surface area contributed by atoms with Crippen LogP contribution in [0, 0.1) is 25.2 Å². The minimum absolute atomic E-state index is 0.0874. The molecule has 7 aliphatic heterocycles. The zero-order valence-electron chi connectivity index (χ0n) is 37.9. The van der Waals surface area contributed by atoms with Crippen molar-refractivity contribution in [2.75, 3.05) is 47.0 Å². The summed E-state index contributed by atoms with van der Waals surface area (Å²) in [7, 11) is 5.04. The third-order valence-corrected chi connectivity index (χ3v) is 15.2. The van der Waals surface area contributed by atoms with Crippen LogP contribution in [0.1, 0.15) is 108 Å². The van der Waals surface area contributed by atoms with E-state index in [2.05, 4.69) is 27.3 Å². The van der Waals surface area contributed by atoms with Gasteiger partial charge in [0.2, 0.25) is 6.79 Å². The maximum atomic E-state index is 15.1. The Kier molecular flexibility index (Phi) is 11.9. The number of hydrogen-bond donors (Lipinski definition) is 1. The van der Waals surface area contributed by atoms with E-state index in [-0.39, 0.29) is 49.5 Å². The lowest BCUT2D eigenvalue weighted by Gasteiger charge is -2.62. The summed E-state index contributed by atoms with van der Waals surface area (Å²) in [5.41, 5.74) is 4.32. The van der Waals surface area contributed by atoms with Gasteiger partial charge < -0.3 is 37.9 Å². The number of nitrogens with zero attached hydrogens (tertiary/aromatic N) is 3. The highest BCUT2D eigenvalue weighted by molar-refractivity contribution is 7.99. The maximum Gasteiger partial charge on any atom is 0.331 e. The quantitative estimate of drug-likeness (QED) is 0.195. The summed E-state index contributed by atoms with van der Waals surface area (Å²) in [4.78, 5) is 58.9. The van der Waals surface area contributed by atoms with Crippen molar-refractivity contribution in [1.82, 2.24) is 15.1 Å². The summed E-state index contributed by atoms with van der Waals surface area (Å²) in [6.45, 7) is 9.01. The molecule has 2 saturated heterocycles. The van der Waals surface area contributed by atoms with Gasteiger partial charge in [-0.3, -0.25) is 29.5 Å². The number of rotatable bonds is 9. The number of carbonyl (C=O) groups excluding carboxylic acids is 4. The van der Waals surface area contributed by atoms with E-state index in [1.807, 2.05) is 34.7 Å². The molecule has 7 heterocycles. The minimum atomic E-state index is -1.43. The van der Waals surface area contributed by atoms with Gasteiger partial charge in [-0.1, -0.05) is 19.9 Å². The molecule has 65 heavy (non-hydrogen) atoms. The molecule has 3 aromatic carbocycles. The van der Waals surface area contributed by atoms with E-state index in [4.69, 9.17) is 37.9 Å². The molecule has 7 atom stereocenters. The number of likely N-dealkylation sites (N-methyl/N-ethyl adjacent to an activating group) is 1. The van der Waals surface area contributed by atoms with Crippen molar-refractivity contribution >= 4 is 35.6 Å². The highest BCUT2D eigenvalue weighted by atomic mass is 32.2. The fourth-order valence-corrected chi connectivity index (χ4v) is 12.8. The fraction of sp³-hybridized carbons (Fsp3) is 0.521. The largest absolute Gasteiger partial charge is 0.493 e. The van der Waals surface area contributed by atoms with E-state index >= 15 is 4.79 Å². The number of ether oxygens (including phenoxy) is 8. The van der Waals surface area contributed by atoms with Crippen molar-refractivity contribution in [3.63, 3.8) is 0 Å². The average molecular weight is 911 g/mol. The lowest BCUT2D eigenvalue weighted by molar-refractivity contribution is -0.157. The maximum absolute atomic E-state index is 15.1. The number of nitrogens with one attached hydrogen (secondary N) is 1. The zero-order chi connectivity index (χ0) is 46.1. The molecule has 1 N–H and O–H groups in total. The summed E-state index contributed by atoms with van der Waals surface area (Å²) >= 11 is 1.47. The van der Waals surface area contributed by atoms with Gasteiger partial charge in [-0.25, -0.2) is 4.79 Å². The fourth-order valence-electron chi connectivity index (χ4n) is 11.1. The first kappa shape index (κ1) is 44.7. The first-order valence-electron chi connectivity index (χ1n) is 22.2. The number of nitriles is 1. The zero-order valence-corrected chi connectivity index (χ0v) is 38.7. The molecule has 1 unspecified atom stereocenters. The summed E-state index contributed by atoms with van der Waals surface area (Å²) < 4.78 is 49.1. The number of carbonyl (C=O) groups is 4. The Balaban J connectivity index is 1.30. The number of benzene rings is 3. The van der Waals surface area contributed by atoms with E-state index in [0.29, 0.717) is 83.2 Å². The highest BCUT2D eigenvalue weighted by Crippen LogP contribution is 2.65. The van der Waals surface area contributed by atoms with Crippen LogP contribution in [0.15, 0.2) is 18.2 Å². The second-order valence-electron chi connectivity index (χ2n) is 17.5. The summed E-state index contributed by atoms with van der Waals surface area (Å²) in [6, 6.07) is 5.24. The number of fused-ring (bicyclic) bond motifs is 9. The second-order valence-corrected chi connectivity index (χ2v) is 18.6. The Bertz CT molecular complexity index is 2540. The molecule has 1 spiro atoms. The van der Waals surface area contributed by atoms with Crippen LogP contribution in [0.5, 0.6) is 40.2 Å². The lowest BCUT2D eigenvalue weighted by Crippen LogP contribution is -2.69. The van der Waals surface area contributed by atoms with Crippen LogP contribution in [0.4, 0.5) is 0 Å². The highest BCUT2D eigenvalue weighted by Gasteiger charge is 2.62. The van der Waals surface area contributed by atoms with Gasteiger partial charge in [0, 0.05) is 66.4 Å². The van der Waals surface area contributed by atoms with Crippen LogP contribution >= 0.6 is 11.8 Å². The Hall–Kier alpha value is -5.54. The van der Waals surface area contributed by atoms with E-state index in [1.165, 1.54) is 25.8 Å². The van der Waals surface area contributed by atoms with Crippen LogP contribution in [0.2, 0.25) is 0 Å². The predicted octanol–water partition coefficient (Wildman–Crippen LogP) is 5.99. The minimum Gasteiger partial charge on any atom is -0.493 e. The molecule has 4 bridgehead atoms. The van der Waals surface area contributed by atoms with E-state index in [1.54, 1.807) is 19.2 Å². The smallest absolute Gasteiger partial charge is 0.331 e. The molecule has 3 aromatic rings. The normalized spacial score (nSPS) is 26.1. The number of piperazine rings is 1. The van der Waals surface area contributed by atoms with Crippen LogP contribution in [-0.2, 0) is 42.3 Å². The Morgan fingerprint density at radius 2 is 1.65 bits per heavy atom. The van der Waals surface area contributed by atoms with Crippen molar-refractivity contribution < 1.29 is 57.1 Å². The lowest BCUT2D eigenvalue weighted by atomic mass is 9.71. The van der Waals surface area contributed by atoms with Gasteiger partial charge in [-0.15, -0.1) is 11.8 Å². The molecule has 0 amide bonds. The van der Waals surface area contributed by atoms with Crippen molar-refractivity contribution in [2.24, 2.45) is 0 Å². The first-order chi connectivity index (χ1) is 31.3. The molecule has 0 aromatic heterocycles. The molecule has 344 valence electrons. The van der Waals surface area contributed by atoms with Crippen molar-refractivity contribution in [2.45, 2.75) is 114 Å². The van der Waals surface area contributed by atoms with Crippen molar-refractivity contribution in [3.05, 3.63) is 62.7 Å². The van der Waals surface area contributed by atoms with Gasteiger partial charge in [0.25, 0.3) is 0 Å². The molecule has 10 rings (SSSR count). The average Bonchev–Trinajstić information content (AvgIpc) is 3.77. The molecule has 0 aliphatic carbocycles. The van der Waals surface area contributed by atoms with E-state index in [9.17, 15) is 19.6 Å². The van der Waals surface area contributed by atoms with Gasteiger partial charge in [0.05, 0.1) is 37.6 Å². The van der Waals surface area contributed by atoms with Crippen LogP contribution in [0.25, 0.3) is 0 Å². The molecule has 0 saturated carbocycles. The number of methoxy groups -OCH3 is 2. The number of hydrogen-bond acceptors (Lipinski definition) is 17. The number of thioether (sulfide) groups is 1. The molecule has 0 radical (unpaired) electrons. The Morgan fingerprint density at radius 1 is 0.908 bits per heavy atom. The van der Waals surface area contributed by atoms with Crippen molar-refractivity contribution in [3.8, 4) is 46.3 Å². The van der Waals surface area contributed by atoms with Crippen LogP contribution < -0.4 is 38.5 Å². The predicted molar refractivity (Wildman–Crippen MR) is 236 cm³/mol. The topological polar surface area (TPSA) is 184 Å².